The molecule has 0 fully saturated rings. The molecule has 1 aromatic carbocycles. The maximum Gasteiger partial charge on any atom is 0.513 e. The Morgan fingerprint density at radius 2 is 2.05 bits per heavy atom. The first-order valence-corrected chi connectivity index (χ1v) is 6.22. The third-order valence-corrected chi connectivity index (χ3v) is 3.06. The number of methoxy groups -OCH3 is 1. The molecule has 1 aliphatic rings. The Bertz CT molecular complexity index is 471. The maximum absolute atomic E-state index is 13.0. The van der Waals surface area contributed by atoms with Crippen molar-refractivity contribution in [2.45, 2.75) is 25.4 Å². The van der Waals surface area contributed by atoms with E-state index in [0.717, 1.165) is 25.3 Å². The van der Waals surface area contributed by atoms with Gasteiger partial charge in [-0.2, -0.15) is 0 Å². The van der Waals surface area contributed by atoms with Crippen LogP contribution in [0, 0.1) is 0 Å². The first kappa shape index (κ1) is 13.8. The summed E-state index contributed by atoms with van der Waals surface area (Å²) < 4.78 is 49.4. The molecule has 0 spiro atoms. The zero-order chi connectivity index (χ0) is 13.9. The van der Waals surface area contributed by atoms with E-state index in [-0.39, 0.29) is 17.6 Å². The molecule has 0 heterocycles. The van der Waals surface area contributed by atoms with E-state index in [0.29, 0.717) is 0 Å². The van der Waals surface area contributed by atoms with Gasteiger partial charge >= 0.3 is 6.98 Å². The second-order valence-corrected chi connectivity index (χ2v) is 4.49. The van der Waals surface area contributed by atoms with Crippen LogP contribution < -0.4 is 14.9 Å². The van der Waals surface area contributed by atoms with E-state index in [1.807, 2.05) is 12.2 Å². The van der Waals surface area contributed by atoms with E-state index >= 15 is 0 Å². The van der Waals surface area contributed by atoms with Gasteiger partial charge in [-0.1, -0.05) is 11.5 Å². The van der Waals surface area contributed by atoms with Gasteiger partial charge in [0.15, 0.2) is 0 Å². The minimum atomic E-state index is -5.12. The topological polar surface area (TPSA) is 18.5 Å². The van der Waals surface area contributed by atoms with E-state index in [1.54, 1.807) is 0 Å². The average molecular weight is 271 g/mol. The van der Waals surface area contributed by atoms with Crippen LogP contribution in [0.1, 0.15) is 19.3 Å². The number of benzene rings is 1. The monoisotopic (exact) mass is 271 g/mol. The van der Waals surface area contributed by atoms with Gasteiger partial charge in [0.2, 0.25) is 0 Å². The van der Waals surface area contributed by atoms with Gasteiger partial charge in [-0.25, -0.2) is 0 Å². The lowest BCUT2D eigenvalue weighted by molar-refractivity contribution is 0.230. The minimum absolute atomic E-state index is 0.121. The van der Waals surface area contributed by atoms with Crippen LogP contribution >= 0.6 is 0 Å². The maximum atomic E-state index is 13.0. The molecule has 1 aliphatic carbocycles. The van der Waals surface area contributed by atoms with Crippen molar-refractivity contribution in [2.75, 3.05) is 7.11 Å². The molecule has 1 atom stereocenters. The van der Waals surface area contributed by atoms with Crippen LogP contribution in [-0.4, -0.2) is 20.2 Å². The number of halogens is 3. The lowest BCUT2D eigenvalue weighted by atomic mass is 9.79. The number of allylic oxidation sites excluding steroid dienone is 1. The van der Waals surface area contributed by atoms with Gasteiger partial charge < -0.3 is 22.4 Å². The second kappa shape index (κ2) is 5.59. The molecule has 2 rings (SSSR count). The SMILES string of the molecule is COc1ccc(OC2C=CCCC2)c([B-](F)(F)F)c1. The van der Waals surface area contributed by atoms with Gasteiger partial charge in [-0.05, 0) is 43.5 Å². The first-order chi connectivity index (χ1) is 9.00. The smallest absolute Gasteiger partial charge is 0.497 e. The lowest BCUT2D eigenvalue weighted by Gasteiger charge is -2.25. The summed E-state index contributed by atoms with van der Waals surface area (Å²) >= 11 is 0. The fraction of sp³-hybridized carbons (Fsp3) is 0.385. The molecule has 0 aliphatic heterocycles. The van der Waals surface area contributed by atoms with Gasteiger partial charge in [0.1, 0.15) is 11.9 Å². The zero-order valence-electron chi connectivity index (χ0n) is 10.6. The third kappa shape index (κ3) is 3.46. The van der Waals surface area contributed by atoms with E-state index < -0.39 is 12.4 Å². The molecule has 2 nitrogen and oxygen atoms in total. The molecule has 0 saturated heterocycles. The van der Waals surface area contributed by atoms with E-state index in [4.69, 9.17) is 9.47 Å². The molecule has 1 aromatic rings. The molecule has 0 N–H and O–H groups in total. The van der Waals surface area contributed by atoms with Crippen molar-refractivity contribution in [3.63, 3.8) is 0 Å². The Balaban J connectivity index is 2.28. The largest absolute Gasteiger partial charge is 0.513 e. The average Bonchev–Trinajstić information content (AvgIpc) is 2.39. The number of hydrogen-bond donors (Lipinski definition) is 0. The predicted octanol–water partition coefficient (Wildman–Crippen LogP) is 3.24. The van der Waals surface area contributed by atoms with Crippen molar-refractivity contribution in [3.05, 3.63) is 30.4 Å². The highest BCUT2D eigenvalue weighted by molar-refractivity contribution is 6.74. The molecule has 19 heavy (non-hydrogen) atoms. The van der Waals surface area contributed by atoms with Crippen molar-refractivity contribution in [1.82, 2.24) is 0 Å². The summed E-state index contributed by atoms with van der Waals surface area (Å²) in [6.07, 6.45) is 6.12. The van der Waals surface area contributed by atoms with Gasteiger partial charge in [-0.15, -0.1) is 0 Å². The van der Waals surface area contributed by atoms with Crippen molar-refractivity contribution in [2.24, 2.45) is 0 Å². The molecule has 0 amide bonds. The lowest BCUT2D eigenvalue weighted by Crippen LogP contribution is -2.36. The van der Waals surface area contributed by atoms with Crippen molar-refractivity contribution >= 4 is 12.4 Å². The molecule has 0 radical (unpaired) electrons. The minimum Gasteiger partial charge on any atom is -0.497 e. The zero-order valence-corrected chi connectivity index (χ0v) is 10.6. The van der Waals surface area contributed by atoms with E-state index in [9.17, 15) is 12.9 Å². The van der Waals surface area contributed by atoms with Crippen LogP contribution in [-0.2, 0) is 0 Å². The summed E-state index contributed by atoms with van der Waals surface area (Å²) in [6.45, 7) is -5.12. The molecular formula is C13H15BF3O2-. The molecule has 0 aromatic heterocycles. The quantitative estimate of drug-likeness (QED) is 0.618. The Hall–Kier alpha value is -1.59. The van der Waals surface area contributed by atoms with E-state index in [2.05, 4.69) is 0 Å². The Kier molecular flexibility index (Phi) is 4.07. The van der Waals surface area contributed by atoms with Crippen molar-refractivity contribution in [3.8, 4) is 11.5 Å². The van der Waals surface area contributed by atoms with Crippen LogP contribution in [0.5, 0.6) is 11.5 Å². The highest BCUT2D eigenvalue weighted by atomic mass is 19.4. The van der Waals surface area contributed by atoms with Gasteiger partial charge in [0.05, 0.1) is 12.9 Å². The Labute approximate surface area is 110 Å². The summed E-state index contributed by atoms with van der Waals surface area (Å²) in [5.41, 5.74) is -0.738. The summed E-state index contributed by atoms with van der Waals surface area (Å²) in [7, 11) is 1.34. The summed E-state index contributed by atoms with van der Waals surface area (Å²) in [5.74, 6) is 0.0607. The fourth-order valence-corrected chi connectivity index (χ4v) is 2.06. The standard InChI is InChI=1S/C13H15BF3O2/c1-18-11-7-8-13(12(9-11)14(15,16)17)19-10-5-3-2-4-6-10/h3,5,7-10H,2,4,6H2,1H3/q-1. The highest BCUT2D eigenvalue weighted by Gasteiger charge is 2.30. The van der Waals surface area contributed by atoms with Crippen LogP contribution in [0.3, 0.4) is 0 Å². The molecule has 6 heteroatoms. The first-order valence-electron chi connectivity index (χ1n) is 6.22. The number of ether oxygens (including phenoxy) is 2. The number of rotatable bonds is 4. The highest BCUT2D eigenvalue weighted by Crippen LogP contribution is 2.25. The molecule has 0 saturated carbocycles. The van der Waals surface area contributed by atoms with Gasteiger partial charge in [0, 0.05) is 0 Å². The van der Waals surface area contributed by atoms with Crippen molar-refractivity contribution < 1.29 is 22.4 Å². The van der Waals surface area contributed by atoms with Crippen molar-refractivity contribution in [1.29, 1.82) is 0 Å². The Morgan fingerprint density at radius 3 is 2.63 bits per heavy atom. The fourth-order valence-electron chi connectivity index (χ4n) is 2.06. The predicted molar refractivity (Wildman–Crippen MR) is 69.1 cm³/mol. The van der Waals surface area contributed by atoms with Crippen LogP contribution in [0.2, 0.25) is 0 Å². The van der Waals surface area contributed by atoms with Gasteiger partial charge in [0.25, 0.3) is 0 Å². The second-order valence-electron chi connectivity index (χ2n) is 4.49. The van der Waals surface area contributed by atoms with E-state index in [1.165, 1.54) is 19.2 Å². The van der Waals surface area contributed by atoms with Crippen LogP contribution in [0.4, 0.5) is 12.9 Å². The van der Waals surface area contributed by atoms with Crippen LogP contribution in [0.15, 0.2) is 30.4 Å². The summed E-state index contributed by atoms with van der Waals surface area (Å²) in [4.78, 5) is 0. The third-order valence-electron chi connectivity index (χ3n) is 3.06. The summed E-state index contributed by atoms with van der Waals surface area (Å²) in [6, 6.07) is 3.79. The molecular weight excluding hydrogens is 256 g/mol. The Morgan fingerprint density at radius 1 is 1.26 bits per heavy atom. The number of hydrogen-bond acceptors (Lipinski definition) is 2. The normalized spacial score (nSPS) is 19.3. The van der Waals surface area contributed by atoms with Crippen LogP contribution in [0.25, 0.3) is 0 Å². The molecule has 0 bridgehead atoms. The molecule has 104 valence electrons. The molecule has 1 unspecified atom stereocenters. The summed E-state index contributed by atoms with van der Waals surface area (Å²) in [5, 5.41) is 0. The van der Waals surface area contributed by atoms with Gasteiger partial charge in [-0.3, -0.25) is 0 Å².